The Morgan fingerprint density at radius 1 is 0.927 bits per heavy atom. The van der Waals surface area contributed by atoms with Gasteiger partial charge in [-0.3, -0.25) is 0 Å². The van der Waals surface area contributed by atoms with Gasteiger partial charge in [-0.25, -0.2) is 4.79 Å². The molecular weight excluding hydrogens is 543 g/mol. The maximum atomic E-state index is 12.7. The monoisotopic (exact) mass is 567 g/mol. The maximum absolute atomic E-state index is 12.7. The van der Waals surface area contributed by atoms with Gasteiger partial charge in [0.15, 0.2) is 11.5 Å². The molecule has 0 bridgehead atoms. The van der Waals surface area contributed by atoms with E-state index in [0.717, 1.165) is 17.7 Å². The molecule has 212 valence electrons. The van der Waals surface area contributed by atoms with Crippen LogP contribution in [-0.2, 0) is 32.0 Å². The summed E-state index contributed by atoms with van der Waals surface area (Å²) in [4.78, 5) is 22.4. The van der Waals surface area contributed by atoms with Crippen LogP contribution in [0.15, 0.2) is 93.7 Å². The normalized spacial score (nSPS) is 12.1. The molecule has 4 rings (SSSR count). The predicted molar refractivity (Wildman–Crippen MR) is 142 cm³/mol. The summed E-state index contributed by atoms with van der Waals surface area (Å²) in [5.74, 6) is 0.424. The van der Waals surface area contributed by atoms with Crippen molar-refractivity contribution in [3.63, 3.8) is 0 Å². The molecule has 0 unspecified atom stereocenters. The number of rotatable bonds is 10. The minimum absolute atomic E-state index is 0.00874. The van der Waals surface area contributed by atoms with Gasteiger partial charge >= 0.3 is 12.1 Å². The zero-order chi connectivity index (χ0) is 29.4. The third-order valence-corrected chi connectivity index (χ3v) is 5.69. The van der Waals surface area contributed by atoms with Gasteiger partial charge < -0.3 is 23.7 Å². The molecule has 0 spiro atoms. The second-order valence-electron chi connectivity index (χ2n) is 8.45. The maximum Gasteiger partial charge on any atom is 0.416 e. The topological polar surface area (TPSA) is 105 Å². The molecule has 1 aromatic heterocycles. The number of alkyl halides is 3. The molecule has 0 atom stereocenters. The molecule has 0 aliphatic carbocycles. The fourth-order valence-corrected chi connectivity index (χ4v) is 3.63. The van der Waals surface area contributed by atoms with Crippen molar-refractivity contribution in [3.8, 4) is 22.8 Å². The number of nitrogens with zero attached hydrogens (tertiary/aromatic N) is 3. The van der Waals surface area contributed by atoms with Gasteiger partial charge in [-0.15, -0.1) is 0 Å². The highest BCUT2D eigenvalue weighted by molar-refractivity contribution is 6.43. The van der Waals surface area contributed by atoms with Crippen molar-refractivity contribution >= 4 is 17.4 Å². The Balaban J connectivity index is 1.40. The number of ether oxygens (including phenoxy) is 2. The van der Waals surface area contributed by atoms with E-state index in [1.165, 1.54) is 26.4 Å². The first-order valence-electron chi connectivity index (χ1n) is 12.1. The van der Waals surface area contributed by atoms with Crippen molar-refractivity contribution in [1.82, 2.24) is 5.16 Å². The van der Waals surface area contributed by atoms with Crippen LogP contribution >= 0.6 is 0 Å². The van der Waals surface area contributed by atoms with Gasteiger partial charge in [0.25, 0.3) is 0 Å². The molecule has 0 N–H and O–H groups in total. The van der Waals surface area contributed by atoms with E-state index >= 15 is 0 Å². The van der Waals surface area contributed by atoms with Gasteiger partial charge in [0, 0.05) is 22.8 Å². The Bertz CT molecular complexity index is 1550. The molecule has 9 nitrogen and oxygen atoms in total. The summed E-state index contributed by atoms with van der Waals surface area (Å²) in [6.45, 7) is 1.71. The Morgan fingerprint density at radius 2 is 1.59 bits per heavy atom. The summed E-state index contributed by atoms with van der Waals surface area (Å²) >= 11 is 0. The molecule has 0 amide bonds. The summed E-state index contributed by atoms with van der Waals surface area (Å²) < 4.78 is 54.1. The highest BCUT2D eigenvalue weighted by atomic mass is 19.4. The molecule has 1 heterocycles. The first kappa shape index (κ1) is 28.9. The number of aromatic nitrogens is 1. The summed E-state index contributed by atoms with van der Waals surface area (Å²) in [6.07, 6.45) is -4.41. The van der Waals surface area contributed by atoms with Crippen LogP contribution < -0.4 is 4.74 Å². The van der Waals surface area contributed by atoms with Gasteiger partial charge in [-0.1, -0.05) is 39.7 Å². The van der Waals surface area contributed by atoms with Crippen molar-refractivity contribution in [3.05, 3.63) is 101 Å². The van der Waals surface area contributed by atoms with Crippen LogP contribution in [0.1, 0.15) is 29.4 Å². The zero-order valence-electron chi connectivity index (χ0n) is 22.1. The van der Waals surface area contributed by atoms with E-state index in [-0.39, 0.29) is 18.1 Å². The van der Waals surface area contributed by atoms with Crippen LogP contribution in [0.5, 0.6) is 11.5 Å². The smallest absolute Gasteiger partial charge is 0.416 e. The van der Waals surface area contributed by atoms with E-state index in [0.29, 0.717) is 34.0 Å². The lowest BCUT2D eigenvalue weighted by atomic mass is 10.0. The van der Waals surface area contributed by atoms with Crippen molar-refractivity contribution in [2.24, 2.45) is 10.3 Å². The lowest BCUT2D eigenvalue weighted by Gasteiger charge is -2.09. The number of hydrogen-bond donors (Lipinski definition) is 0. The van der Waals surface area contributed by atoms with E-state index < -0.39 is 17.7 Å². The standard InChI is InChI=1S/C29H24F3N3O6/c1-18(33-39-17-20-6-4-5-7-24(20)27(35-38-3)28(36)37-2)26-16-25(34-41-26)19-8-12-22(13-9-19)40-23-14-10-21(11-15-23)29(30,31)32/h4-16H,17H2,1-3H3/b33-18+,35-27-. The number of carbonyl (C=O) groups is 1. The molecule has 0 radical (unpaired) electrons. The SMILES string of the molecule is CO/N=C(\C(=O)OC)c1ccccc1CO/N=C(\C)c1cc(-c2ccc(Oc3ccc(C(F)(F)F)cc3)cc2)no1. The van der Waals surface area contributed by atoms with Crippen LogP contribution in [0.25, 0.3) is 11.3 Å². The van der Waals surface area contributed by atoms with Crippen molar-refractivity contribution < 1.29 is 41.6 Å². The van der Waals surface area contributed by atoms with Gasteiger partial charge in [-0.2, -0.15) is 13.2 Å². The van der Waals surface area contributed by atoms with Gasteiger partial charge in [0.2, 0.25) is 0 Å². The van der Waals surface area contributed by atoms with Crippen molar-refractivity contribution in [1.29, 1.82) is 0 Å². The molecule has 0 aliphatic heterocycles. The Morgan fingerprint density at radius 3 is 2.22 bits per heavy atom. The summed E-state index contributed by atoms with van der Waals surface area (Å²) in [7, 11) is 2.57. The molecule has 12 heteroatoms. The van der Waals surface area contributed by atoms with Crippen LogP contribution in [0.4, 0.5) is 13.2 Å². The second kappa shape index (κ2) is 12.8. The van der Waals surface area contributed by atoms with E-state index in [1.807, 2.05) is 0 Å². The third-order valence-electron chi connectivity index (χ3n) is 5.69. The summed E-state index contributed by atoms with van der Waals surface area (Å²) in [5, 5.41) is 11.9. The Hall–Kier alpha value is -5.13. The number of esters is 1. The Labute approximate surface area is 232 Å². The number of carbonyl (C=O) groups excluding carboxylic acids is 1. The van der Waals surface area contributed by atoms with Gasteiger partial charge in [0.1, 0.15) is 36.6 Å². The molecule has 3 aromatic carbocycles. The second-order valence-corrected chi connectivity index (χ2v) is 8.45. The first-order valence-corrected chi connectivity index (χ1v) is 12.1. The van der Waals surface area contributed by atoms with Gasteiger partial charge in [0.05, 0.1) is 12.7 Å². The molecule has 0 aliphatic rings. The molecule has 4 aromatic rings. The minimum atomic E-state index is -4.41. The fourth-order valence-electron chi connectivity index (χ4n) is 3.63. The van der Waals surface area contributed by atoms with Crippen LogP contribution in [0.3, 0.4) is 0 Å². The summed E-state index contributed by atoms with van der Waals surface area (Å²) in [6, 6.07) is 19.9. The Kier molecular flexibility index (Phi) is 9.02. The average molecular weight is 568 g/mol. The molecule has 0 fully saturated rings. The number of halogens is 3. The number of hydrogen-bond acceptors (Lipinski definition) is 9. The van der Waals surface area contributed by atoms with E-state index in [9.17, 15) is 18.0 Å². The van der Waals surface area contributed by atoms with Crippen LogP contribution in [0, 0.1) is 0 Å². The number of methoxy groups -OCH3 is 1. The van der Waals surface area contributed by atoms with E-state index in [2.05, 4.69) is 15.5 Å². The van der Waals surface area contributed by atoms with E-state index in [4.69, 9.17) is 23.7 Å². The predicted octanol–water partition coefficient (Wildman–Crippen LogP) is 6.62. The lowest BCUT2D eigenvalue weighted by molar-refractivity contribution is -0.137. The first-order chi connectivity index (χ1) is 19.7. The van der Waals surface area contributed by atoms with E-state index in [1.54, 1.807) is 61.5 Å². The lowest BCUT2D eigenvalue weighted by Crippen LogP contribution is -2.19. The average Bonchev–Trinajstić information content (AvgIpc) is 3.47. The summed E-state index contributed by atoms with van der Waals surface area (Å²) in [5.41, 5.74) is 2.01. The molecule has 41 heavy (non-hydrogen) atoms. The molecule has 0 saturated carbocycles. The van der Waals surface area contributed by atoms with Crippen molar-refractivity contribution in [2.45, 2.75) is 19.7 Å². The highest BCUT2D eigenvalue weighted by Crippen LogP contribution is 2.32. The van der Waals surface area contributed by atoms with Gasteiger partial charge in [-0.05, 0) is 55.5 Å². The zero-order valence-corrected chi connectivity index (χ0v) is 22.1. The number of benzene rings is 3. The minimum Gasteiger partial charge on any atom is -0.464 e. The fraction of sp³-hybridized carbons (Fsp3) is 0.172. The van der Waals surface area contributed by atoms with Crippen LogP contribution in [0.2, 0.25) is 0 Å². The van der Waals surface area contributed by atoms with Crippen LogP contribution in [-0.4, -0.2) is 36.8 Å². The molecular formula is C29H24F3N3O6. The third kappa shape index (κ3) is 7.29. The number of oxime groups is 2. The van der Waals surface area contributed by atoms with Crippen molar-refractivity contribution in [2.75, 3.05) is 14.2 Å². The quantitative estimate of drug-likeness (QED) is 0.121. The largest absolute Gasteiger partial charge is 0.464 e. The highest BCUT2D eigenvalue weighted by Gasteiger charge is 2.30. The molecule has 0 saturated heterocycles.